The van der Waals surface area contributed by atoms with E-state index in [1.54, 1.807) is 12.1 Å². The second-order valence-corrected chi connectivity index (χ2v) is 5.13. The highest BCUT2D eigenvalue weighted by Crippen LogP contribution is 2.31. The molecule has 0 unspecified atom stereocenters. The lowest BCUT2D eigenvalue weighted by atomic mass is 9.78. The third kappa shape index (κ3) is 4.25. The smallest absolute Gasteiger partial charge is 0.324 e. The molecule has 0 saturated carbocycles. The quantitative estimate of drug-likeness (QED) is 0.372. The molecule has 0 fully saturated rings. The summed E-state index contributed by atoms with van der Waals surface area (Å²) >= 11 is 3.17. The molecule has 0 aliphatic rings. The van der Waals surface area contributed by atoms with Crippen LogP contribution in [0.15, 0.2) is 24.3 Å². The predicted octanol–water partition coefficient (Wildman–Crippen LogP) is 2.06. The molecule has 22 heavy (non-hydrogen) atoms. The highest BCUT2D eigenvalue weighted by atomic mass is 79.9. The van der Waals surface area contributed by atoms with Gasteiger partial charge in [-0.05, 0) is 17.7 Å². The number of hydrogen-bond acceptors (Lipinski definition) is 5. The molecule has 6 heteroatoms. The van der Waals surface area contributed by atoms with Crippen LogP contribution in [-0.2, 0) is 25.5 Å². The number of phenols is 1. The average Bonchev–Trinajstić information content (AvgIpc) is 2.54. The summed E-state index contributed by atoms with van der Waals surface area (Å²) < 4.78 is 9.59. The lowest BCUT2D eigenvalue weighted by molar-refractivity contribution is -0.168. The molecule has 0 atom stereocenters. The van der Waals surface area contributed by atoms with Gasteiger partial charge < -0.3 is 14.6 Å². The zero-order valence-electron chi connectivity index (χ0n) is 12.4. The summed E-state index contributed by atoms with van der Waals surface area (Å²) in [6, 6.07) is 6.24. The molecule has 118 valence electrons. The summed E-state index contributed by atoms with van der Waals surface area (Å²) in [6.45, 7) is 0. The van der Waals surface area contributed by atoms with Crippen molar-refractivity contribution in [2.24, 2.45) is 5.41 Å². The number of phenolic OH excluding ortho intramolecular Hbond substituents is 1. The van der Waals surface area contributed by atoms with Gasteiger partial charge in [0.1, 0.15) is 5.75 Å². The maximum absolute atomic E-state index is 12.2. The van der Waals surface area contributed by atoms with E-state index in [0.29, 0.717) is 10.9 Å². The first kappa shape index (κ1) is 18.1. The fraction of sp³-hybridized carbons (Fsp3) is 0.375. The first-order chi connectivity index (χ1) is 10.5. The Hall–Kier alpha value is -2.00. The molecule has 0 aliphatic heterocycles. The molecule has 1 aromatic carbocycles. The van der Waals surface area contributed by atoms with Gasteiger partial charge in [-0.1, -0.05) is 34.0 Å². The fourth-order valence-corrected chi connectivity index (χ4v) is 2.25. The monoisotopic (exact) mass is 368 g/mol. The van der Waals surface area contributed by atoms with Gasteiger partial charge in [0, 0.05) is 12.8 Å². The lowest BCUT2D eigenvalue weighted by Crippen LogP contribution is -2.43. The number of alkyl halides is 1. The zero-order chi connectivity index (χ0) is 16.6. The SMILES string of the molecule is COC(=O)C(CC#CCBr)(Cc1ccc(O)cc1)C(=O)OC. The Morgan fingerprint density at radius 1 is 1.14 bits per heavy atom. The second kappa shape index (κ2) is 8.44. The number of rotatable bonds is 5. The van der Waals surface area contributed by atoms with E-state index >= 15 is 0 Å². The van der Waals surface area contributed by atoms with Gasteiger partial charge in [0.05, 0.1) is 19.5 Å². The maximum Gasteiger partial charge on any atom is 0.324 e. The van der Waals surface area contributed by atoms with Gasteiger partial charge in [-0.15, -0.1) is 5.92 Å². The van der Waals surface area contributed by atoms with Crippen LogP contribution >= 0.6 is 15.9 Å². The van der Waals surface area contributed by atoms with E-state index in [-0.39, 0.29) is 18.6 Å². The van der Waals surface area contributed by atoms with E-state index in [9.17, 15) is 14.7 Å². The standard InChI is InChI=1S/C16H17BrO5/c1-21-14(19)16(15(20)22-2,9-3-4-10-17)11-12-5-7-13(18)8-6-12/h5-8,18H,9-11H2,1-2H3. The summed E-state index contributed by atoms with van der Waals surface area (Å²) in [4.78, 5) is 24.5. The van der Waals surface area contributed by atoms with Crippen LogP contribution < -0.4 is 0 Å². The predicted molar refractivity (Wildman–Crippen MR) is 84.5 cm³/mol. The van der Waals surface area contributed by atoms with Crippen LogP contribution in [0.25, 0.3) is 0 Å². The molecular weight excluding hydrogens is 352 g/mol. The normalized spacial score (nSPS) is 10.3. The molecule has 0 radical (unpaired) electrons. The number of esters is 2. The molecular formula is C16H17BrO5. The van der Waals surface area contributed by atoms with Gasteiger partial charge in [0.2, 0.25) is 0 Å². The van der Waals surface area contributed by atoms with Gasteiger partial charge >= 0.3 is 11.9 Å². The Labute approximate surface area is 137 Å². The van der Waals surface area contributed by atoms with Gasteiger partial charge in [-0.2, -0.15) is 0 Å². The topological polar surface area (TPSA) is 72.8 Å². The Bertz CT molecular complexity index is 567. The van der Waals surface area contributed by atoms with Gasteiger partial charge in [0.25, 0.3) is 0 Å². The molecule has 0 saturated heterocycles. The Morgan fingerprint density at radius 3 is 2.14 bits per heavy atom. The number of carbonyl (C=O) groups excluding carboxylic acids is 2. The molecule has 1 N–H and O–H groups in total. The van der Waals surface area contributed by atoms with Crippen molar-refractivity contribution in [3.8, 4) is 17.6 Å². The molecule has 5 nitrogen and oxygen atoms in total. The van der Waals surface area contributed by atoms with E-state index in [1.807, 2.05) is 0 Å². The summed E-state index contributed by atoms with van der Waals surface area (Å²) in [7, 11) is 2.43. The van der Waals surface area contributed by atoms with Crippen LogP contribution in [0.5, 0.6) is 5.75 Å². The van der Waals surface area contributed by atoms with E-state index in [1.165, 1.54) is 26.4 Å². The minimum atomic E-state index is -1.53. The fourth-order valence-electron chi connectivity index (χ4n) is 2.05. The highest BCUT2D eigenvalue weighted by molar-refractivity contribution is 9.09. The van der Waals surface area contributed by atoms with E-state index in [4.69, 9.17) is 9.47 Å². The van der Waals surface area contributed by atoms with Gasteiger partial charge in [0.15, 0.2) is 5.41 Å². The third-order valence-electron chi connectivity index (χ3n) is 3.18. The van der Waals surface area contributed by atoms with Crippen molar-refractivity contribution in [3.05, 3.63) is 29.8 Å². The summed E-state index contributed by atoms with van der Waals surface area (Å²) in [5, 5.41) is 9.76. The Kier molecular flexibility index (Phi) is 6.93. The molecule has 0 amide bonds. The largest absolute Gasteiger partial charge is 0.508 e. The van der Waals surface area contributed by atoms with Crippen molar-refractivity contribution in [3.63, 3.8) is 0 Å². The van der Waals surface area contributed by atoms with Gasteiger partial charge in [-0.3, -0.25) is 9.59 Å². The van der Waals surface area contributed by atoms with Crippen molar-refractivity contribution in [2.45, 2.75) is 12.8 Å². The molecule has 0 aliphatic carbocycles. The van der Waals surface area contributed by atoms with Gasteiger partial charge in [-0.25, -0.2) is 0 Å². The minimum absolute atomic E-state index is 0.0151. The summed E-state index contributed by atoms with van der Waals surface area (Å²) in [5.74, 6) is 4.26. The molecule has 0 spiro atoms. The van der Waals surface area contributed by atoms with E-state index < -0.39 is 17.4 Å². The van der Waals surface area contributed by atoms with E-state index in [2.05, 4.69) is 27.8 Å². The molecule has 0 heterocycles. The molecule has 0 aromatic heterocycles. The van der Waals surface area contributed by atoms with Crippen molar-refractivity contribution < 1.29 is 24.2 Å². The minimum Gasteiger partial charge on any atom is -0.508 e. The lowest BCUT2D eigenvalue weighted by Gasteiger charge is -2.26. The van der Waals surface area contributed by atoms with Crippen molar-refractivity contribution in [1.82, 2.24) is 0 Å². The highest BCUT2D eigenvalue weighted by Gasteiger charge is 2.48. The average molecular weight is 369 g/mol. The number of carbonyl (C=O) groups is 2. The molecule has 1 aromatic rings. The van der Waals surface area contributed by atoms with Crippen LogP contribution in [0.1, 0.15) is 12.0 Å². The maximum atomic E-state index is 12.2. The third-order valence-corrected chi connectivity index (χ3v) is 3.46. The number of hydrogen-bond donors (Lipinski definition) is 1. The summed E-state index contributed by atoms with van der Waals surface area (Å²) in [5.41, 5.74) is -0.843. The number of benzene rings is 1. The van der Waals surface area contributed by atoms with Crippen LogP contribution in [0.3, 0.4) is 0 Å². The van der Waals surface area contributed by atoms with E-state index in [0.717, 1.165) is 0 Å². The van der Waals surface area contributed by atoms with Crippen molar-refractivity contribution >= 4 is 27.9 Å². The number of aromatic hydroxyl groups is 1. The zero-order valence-corrected chi connectivity index (χ0v) is 14.0. The number of ether oxygens (including phenoxy) is 2. The number of methoxy groups -OCH3 is 2. The molecule has 0 bridgehead atoms. The second-order valence-electron chi connectivity index (χ2n) is 4.57. The Morgan fingerprint density at radius 2 is 1.68 bits per heavy atom. The first-order valence-corrected chi connectivity index (χ1v) is 7.58. The van der Waals surface area contributed by atoms with Crippen molar-refractivity contribution in [2.75, 3.05) is 19.5 Å². The van der Waals surface area contributed by atoms with Crippen LogP contribution in [0.4, 0.5) is 0 Å². The van der Waals surface area contributed by atoms with Crippen LogP contribution in [-0.4, -0.2) is 36.6 Å². The number of halogens is 1. The van der Waals surface area contributed by atoms with Crippen LogP contribution in [0.2, 0.25) is 0 Å². The summed E-state index contributed by atoms with van der Waals surface area (Å²) in [6.07, 6.45) is 0.0580. The van der Waals surface area contributed by atoms with Crippen molar-refractivity contribution in [1.29, 1.82) is 0 Å². The first-order valence-electron chi connectivity index (χ1n) is 6.46. The Balaban J connectivity index is 3.24. The van der Waals surface area contributed by atoms with Crippen LogP contribution in [0, 0.1) is 17.3 Å². The molecule has 1 rings (SSSR count).